The first-order valence-corrected chi connectivity index (χ1v) is 11.0. The largest absolute Gasteiger partial charge is 0.467 e. The van der Waals surface area contributed by atoms with Gasteiger partial charge in [-0.25, -0.2) is 0 Å². The van der Waals surface area contributed by atoms with Crippen molar-refractivity contribution in [1.29, 1.82) is 0 Å². The van der Waals surface area contributed by atoms with E-state index in [1.165, 1.54) is 0 Å². The van der Waals surface area contributed by atoms with Crippen LogP contribution in [-0.4, -0.2) is 22.5 Å². The highest BCUT2D eigenvalue weighted by atomic mass is 79.9. The maximum absolute atomic E-state index is 12.5. The highest BCUT2D eigenvalue weighted by Gasteiger charge is 2.33. The quantitative estimate of drug-likeness (QED) is 0.496. The van der Waals surface area contributed by atoms with Gasteiger partial charge in [-0.3, -0.25) is 9.59 Å². The van der Waals surface area contributed by atoms with Crippen molar-refractivity contribution >= 4 is 56.8 Å². The SMILES string of the molecule is O=C(Nc1ccc(Br)c(Cl)c1)c1ccc([C@H]2SCC(=O)N2Cc2ccco2)cc1. The molecule has 3 aromatic rings. The number of carbonyl (C=O) groups excluding carboxylic acids is 2. The summed E-state index contributed by atoms with van der Waals surface area (Å²) in [7, 11) is 0. The molecule has 5 nitrogen and oxygen atoms in total. The van der Waals surface area contributed by atoms with Gasteiger partial charge in [-0.2, -0.15) is 0 Å². The van der Waals surface area contributed by atoms with Crippen molar-refractivity contribution in [3.63, 3.8) is 0 Å². The normalized spacial score (nSPS) is 16.3. The van der Waals surface area contributed by atoms with Crippen LogP contribution in [0.5, 0.6) is 0 Å². The molecule has 4 rings (SSSR count). The number of nitrogens with zero attached hydrogens (tertiary/aromatic N) is 1. The monoisotopic (exact) mass is 490 g/mol. The van der Waals surface area contributed by atoms with Crippen LogP contribution < -0.4 is 5.32 Å². The molecule has 0 aliphatic carbocycles. The average molecular weight is 492 g/mol. The van der Waals surface area contributed by atoms with Crippen LogP contribution in [0.3, 0.4) is 0 Å². The zero-order chi connectivity index (χ0) is 20.4. The number of carbonyl (C=O) groups is 2. The van der Waals surface area contributed by atoms with Crippen LogP contribution in [0.1, 0.15) is 27.1 Å². The molecule has 2 aromatic carbocycles. The van der Waals surface area contributed by atoms with Crippen LogP contribution in [-0.2, 0) is 11.3 Å². The van der Waals surface area contributed by atoms with Gasteiger partial charge in [0, 0.05) is 15.7 Å². The minimum atomic E-state index is -0.225. The lowest BCUT2D eigenvalue weighted by Crippen LogP contribution is -2.27. The Bertz CT molecular complexity index is 1040. The van der Waals surface area contributed by atoms with Crippen LogP contribution >= 0.6 is 39.3 Å². The third-order valence-corrected chi connectivity index (χ3v) is 7.00. The molecule has 0 radical (unpaired) electrons. The number of anilines is 1. The summed E-state index contributed by atoms with van der Waals surface area (Å²) in [5, 5.41) is 3.26. The van der Waals surface area contributed by atoms with Gasteiger partial charge in [-0.1, -0.05) is 23.7 Å². The molecule has 0 bridgehead atoms. The van der Waals surface area contributed by atoms with Gasteiger partial charge in [0.25, 0.3) is 5.91 Å². The fourth-order valence-corrected chi connectivity index (χ4v) is 4.66. The molecule has 1 aliphatic heterocycles. The van der Waals surface area contributed by atoms with Gasteiger partial charge in [0.1, 0.15) is 11.1 Å². The summed E-state index contributed by atoms with van der Waals surface area (Å²) in [4.78, 5) is 26.6. The number of amides is 2. The summed E-state index contributed by atoms with van der Waals surface area (Å²) >= 11 is 11.0. The predicted octanol–water partition coefficient (Wildman–Crippen LogP) is 5.72. The number of halogens is 2. The van der Waals surface area contributed by atoms with E-state index in [4.69, 9.17) is 16.0 Å². The Labute approximate surface area is 185 Å². The van der Waals surface area contributed by atoms with E-state index in [0.29, 0.717) is 28.6 Å². The van der Waals surface area contributed by atoms with E-state index in [-0.39, 0.29) is 17.2 Å². The van der Waals surface area contributed by atoms with Crippen molar-refractivity contribution in [2.45, 2.75) is 11.9 Å². The second kappa shape index (κ2) is 8.65. The molecule has 2 amide bonds. The maximum atomic E-state index is 12.5. The Morgan fingerprint density at radius 1 is 1.24 bits per heavy atom. The van der Waals surface area contributed by atoms with Gasteiger partial charge in [0.2, 0.25) is 5.91 Å². The number of hydrogen-bond donors (Lipinski definition) is 1. The number of benzene rings is 2. The van der Waals surface area contributed by atoms with E-state index < -0.39 is 0 Å². The van der Waals surface area contributed by atoms with Crippen molar-refractivity contribution in [3.05, 3.63) is 87.2 Å². The van der Waals surface area contributed by atoms with Crippen molar-refractivity contribution in [3.8, 4) is 0 Å². The Kier molecular flexibility index (Phi) is 5.99. The van der Waals surface area contributed by atoms with Crippen LogP contribution in [0.4, 0.5) is 5.69 Å². The third-order valence-electron chi connectivity index (χ3n) is 4.51. The van der Waals surface area contributed by atoms with Crippen molar-refractivity contribution in [1.82, 2.24) is 4.90 Å². The van der Waals surface area contributed by atoms with Gasteiger partial charge < -0.3 is 14.6 Å². The molecule has 8 heteroatoms. The summed E-state index contributed by atoms with van der Waals surface area (Å²) in [6.45, 7) is 0.427. The topological polar surface area (TPSA) is 62.6 Å². The Balaban J connectivity index is 1.47. The van der Waals surface area contributed by atoms with E-state index in [1.807, 2.05) is 24.3 Å². The van der Waals surface area contributed by atoms with Crippen molar-refractivity contribution in [2.24, 2.45) is 0 Å². The smallest absolute Gasteiger partial charge is 0.255 e. The minimum Gasteiger partial charge on any atom is -0.467 e. The van der Waals surface area contributed by atoms with Crippen molar-refractivity contribution < 1.29 is 14.0 Å². The summed E-state index contributed by atoms with van der Waals surface area (Å²) in [6, 6.07) is 16.2. The molecule has 1 aromatic heterocycles. The van der Waals surface area contributed by atoms with E-state index in [9.17, 15) is 9.59 Å². The second-order valence-electron chi connectivity index (χ2n) is 6.47. The van der Waals surface area contributed by atoms with Gasteiger partial charge in [-0.05, 0) is 64.0 Å². The molecule has 0 unspecified atom stereocenters. The number of nitrogens with one attached hydrogen (secondary N) is 1. The zero-order valence-corrected chi connectivity index (χ0v) is 18.3. The Hall–Kier alpha value is -2.22. The molecule has 2 heterocycles. The van der Waals surface area contributed by atoms with E-state index >= 15 is 0 Å². The third kappa shape index (κ3) is 4.52. The lowest BCUT2D eigenvalue weighted by atomic mass is 10.1. The van der Waals surface area contributed by atoms with Crippen LogP contribution in [0, 0.1) is 0 Å². The molecule has 1 N–H and O–H groups in total. The summed E-state index contributed by atoms with van der Waals surface area (Å²) < 4.78 is 6.15. The van der Waals surface area contributed by atoms with Crippen LogP contribution in [0.25, 0.3) is 0 Å². The fourth-order valence-electron chi connectivity index (χ4n) is 3.05. The molecule has 148 valence electrons. The first-order valence-electron chi connectivity index (χ1n) is 8.81. The highest BCUT2D eigenvalue weighted by Crippen LogP contribution is 2.39. The molecule has 1 fully saturated rings. The molecular weight excluding hydrogens is 476 g/mol. The number of thioether (sulfide) groups is 1. The van der Waals surface area contributed by atoms with Crippen LogP contribution in [0.15, 0.2) is 69.8 Å². The Morgan fingerprint density at radius 3 is 2.72 bits per heavy atom. The lowest BCUT2D eigenvalue weighted by Gasteiger charge is -2.23. The summed E-state index contributed by atoms with van der Waals surface area (Å²) in [6.07, 6.45) is 1.60. The van der Waals surface area contributed by atoms with E-state index in [0.717, 1.165) is 15.8 Å². The van der Waals surface area contributed by atoms with Gasteiger partial charge >= 0.3 is 0 Å². The first-order chi connectivity index (χ1) is 14.0. The second-order valence-corrected chi connectivity index (χ2v) is 8.80. The lowest BCUT2D eigenvalue weighted by molar-refractivity contribution is -0.128. The van der Waals surface area contributed by atoms with E-state index in [2.05, 4.69) is 21.2 Å². The number of hydrogen-bond acceptors (Lipinski definition) is 4. The standard InChI is InChI=1S/C21H16BrClN2O3S/c22-17-8-7-15(10-18(17)23)24-20(27)13-3-5-14(6-4-13)21-25(19(26)12-29-21)11-16-2-1-9-28-16/h1-10,21H,11-12H2,(H,24,27)/t21-/m1/s1. The molecular formula is C21H16BrClN2O3S. The summed E-state index contributed by atoms with van der Waals surface area (Å²) in [5.74, 6) is 1.02. The van der Waals surface area contributed by atoms with Gasteiger partial charge in [0.05, 0.1) is 23.6 Å². The average Bonchev–Trinajstić information content (AvgIpc) is 3.36. The molecule has 1 saturated heterocycles. The Morgan fingerprint density at radius 2 is 2.03 bits per heavy atom. The van der Waals surface area contributed by atoms with E-state index in [1.54, 1.807) is 53.3 Å². The molecule has 1 atom stereocenters. The first kappa shape index (κ1) is 20.1. The van der Waals surface area contributed by atoms with Crippen molar-refractivity contribution in [2.75, 3.05) is 11.1 Å². The predicted molar refractivity (Wildman–Crippen MR) is 118 cm³/mol. The zero-order valence-electron chi connectivity index (χ0n) is 15.1. The molecule has 0 saturated carbocycles. The van der Waals surface area contributed by atoms with Gasteiger partial charge in [0.15, 0.2) is 0 Å². The minimum absolute atomic E-state index is 0.0744. The molecule has 1 aliphatic rings. The molecule has 0 spiro atoms. The summed E-state index contributed by atoms with van der Waals surface area (Å²) in [5.41, 5.74) is 2.11. The van der Waals surface area contributed by atoms with Gasteiger partial charge in [-0.15, -0.1) is 11.8 Å². The molecule has 29 heavy (non-hydrogen) atoms. The number of rotatable bonds is 5. The fraction of sp³-hybridized carbons (Fsp3) is 0.143. The maximum Gasteiger partial charge on any atom is 0.255 e. The van der Waals surface area contributed by atoms with Crippen LogP contribution in [0.2, 0.25) is 5.02 Å². The number of furan rings is 1. The highest BCUT2D eigenvalue weighted by molar-refractivity contribution is 9.10.